The summed E-state index contributed by atoms with van der Waals surface area (Å²) in [4.78, 5) is 15.0. The predicted molar refractivity (Wildman–Crippen MR) is 119 cm³/mol. The number of anilines is 1. The van der Waals surface area contributed by atoms with E-state index in [1.54, 1.807) is 18.2 Å². The van der Waals surface area contributed by atoms with Crippen LogP contribution in [0.25, 0.3) is 0 Å². The number of likely N-dealkylation sites (tertiary alicyclic amines) is 1. The molecule has 1 aromatic carbocycles. The van der Waals surface area contributed by atoms with E-state index in [0.29, 0.717) is 24.1 Å². The number of piperidine rings is 1. The smallest absolute Gasteiger partial charge is 0.240 e. The molecule has 1 aliphatic rings. The molecule has 0 aliphatic carbocycles. The molecule has 30 heavy (non-hydrogen) atoms. The lowest BCUT2D eigenvalue weighted by Gasteiger charge is -2.35. The summed E-state index contributed by atoms with van der Waals surface area (Å²) in [5.74, 6) is 0.479. The Balaban J connectivity index is 1.96. The highest BCUT2D eigenvalue weighted by atomic mass is 32.2. The number of nitrogens with zero attached hydrogens (tertiary/aromatic N) is 2. The van der Waals surface area contributed by atoms with Crippen LogP contribution in [0.2, 0.25) is 0 Å². The lowest BCUT2D eigenvalue weighted by molar-refractivity contribution is -0.119. The summed E-state index contributed by atoms with van der Waals surface area (Å²) in [6, 6.07) is 5.48. The zero-order valence-corrected chi connectivity index (χ0v) is 19.3. The van der Waals surface area contributed by atoms with Gasteiger partial charge in [-0.25, -0.2) is 8.42 Å². The highest BCUT2D eigenvalue weighted by Crippen LogP contribution is 2.33. The van der Waals surface area contributed by atoms with Crippen molar-refractivity contribution in [2.24, 2.45) is 0 Å². The number of rotatable bonds is 11. The molecule has 1 aromatic rings. The van der Waals surface area contributed by atoms with Gasteiger partial charge in [-0.1, -0.05) is 13.3 Å². The van der Waals surface area contributed by atoms with Crippen LogP contribution < -0.4 is 19.1 Å². The second-order valence-corrected chi connectivity index (χ2v) is 9.51. The third-order valence-corrected chi connectivity index (χ3v) is 6.63. The van der Waals surface area contributed by atoms with Crippen LogP contribution in [-0.2, 0) is 14.8 Å². The van der Waals surface area contributed by atoms with Crippen molar-refractivity contribution in [3.63, 3.8) is 0 Å². The second kappa shape index (κ2) is 11.4. The van der Waals surface area contributed by atoms with Crippen LogP contribution in [0.15, 0.2) is 18.2 Å². The molecule has 1 unspecified atom stereocenters. The van der Waals surface area contributed by atoms with Crippen molar-refractivity contribution in [2.45, 2.75) is 45.1 Å². The highest BCUT2D eigenvalue weighted by molar-refractivity contribution is 7.92. The van der Waals surface area contributed by atoms with E-state index in [2.05, 4.69) is 17.1 Å². The minimum absolute atomic E-state index is 0.272. The Labute approximate surface area is 180 Å². The van der Waals surface area contributed by atoms with E-state index in [1.807, 2.05) is 0 Å². The van der Waals surface area contributed by atoms with Gasteiger partial charge in [-0.05, 0) is 44.4 Å². The Morgan fingerprint density at radius 1 is 1.27 bits per heavy atom. The zero-order chi connectivity index (χ0) is 22.1. The summed E-state index contributed by atoms with van der Waals surface area (Å²) >= 11 is 0. The summed E-state index contributed by atoms with van der Waals surface area (Å²) in [5.41, 5.74) is 0.272. The van der Waals surface area contributed by atoms with Gasteiger partial charge in [0.2, 0.25) is 15.9 Å². The second-order valence-electron chi connectivity index (χ2n) is 7.60. The van der Waals surface area contributed by atoms with Crippen molar-refractivity contribution in [1.82, 2.24) is 10.2 Å². The first kappa shape index (κ1) is 24.3. The zero-order valence-electron chi connectivity index (χ0n) is 18.5. The van der Waals surface area contributed by atoms with Crippen molar-refractivity contribution >= 4 is 21.6 Å². The quantitative estimate of drug-likeness (QED) is 0.530. The first-order valence-electron chi connectivity index (χ1n) is 10.5. The summed E-state index contributed by atoms with van der Waals surface area (Å²) in [7, 11) is -0.751. The monoisotopic (exact) mass is 441 g/mol. The number of ether oxygens (including phenoxy) is 2. The normalized spacial score (nSPS) is 17.4. The van der Waals surface area contributed by atoms with Crippen LogP contribution in [0, 0.1) is 0 Å². The molecule has 170 valence electrons. The van der Waals surface area contributed by atoms with Crippen LogP contribution >= 0.6 is 0 Å². The number of hydrogen-bond donors (Lipinski definition) is 1. The van der Waals surface area contributed by atoms with Gasteiger partial charge in [-0.15, -0.1) is 0 Å². The van der Waals surface area contributed by atoms with E-state index in [9.17, 15) is 13.2 Å². The molecule has 0 spiro atoms. The molecule has 1 saturated heterocycles. The minimum atomic E-state index is -3.70. The summed E-state index contributed by atoms with van der Waals surface area (Å²) < 4.78 is 36.3. The summed E-state index contributed by atoms with van der Waals surface area (Å²) in [6.07, 6.45) is 6.83. The molecule has 0 saturated carbocycles. The molecule has 1 fully saturated rings. The van der Waals surface area contributed by atoms with E-state index in [-0.39, 0.29) is 18.1 Å². The molecular weight excluding hydrogens is 406 g/mol. The van der Waals surface area contributed by atoms with E-state index < -0.39 is 10.0 Å². The van der Waals surface area contributed by atoms with Crippen molar-refractivity contribution < 1.29 is 22.7 Å². The molecule has 0 bridgehead atoms. The van der Waals surface area contributed by atoms with Gasteiger partial charge in [0.25, 0.3) is 0 Å². The molecule has 1 heterocycles. The first-order chi connectivity index (χ1) is 14.3. The van der Waals surface area contributed by atoms with Crippen molar-refractivity contribution in [3.05, 3.63) is 18.2 Å². The number of hydrogen-bond acceptors (Lipinski definition) is 6. The minimum Gasteiger partial charge on any atom is -0.497 e. The number of carbonyl (C=O) groups is 1. The third-order valence-electron chi connectivity index (χ3n) is 5.51. The van der Waals surface area contributed by atoms with E-state index in [1.165, 1.54) is 33.5 Å². The summed E-state index contributed by atoms with van der Waals surface area (Å²) in [6.45, 7) is 4.47. The fourth-order valence-electron chi connectivity index (χ4n) is 3.89. The largest absolute Gasteiger partial charge is 0.497 e. The van der Waals surface area contributed by atoms with Gasteiger partial charge in [0.05, 0.1) is 26.2 Å². The van der Waals surface area contributed by atoms with Gasteiger partial charge in [-0.2, -0.15) is 0 Å². The number of nitrogens with one attached hydrogen (secondary N) is 1. The highest BCUT2D eigenvalue weighted by Gasteiger charge is 2.25. The Bertz CT molecular complexity index is 800. The average Bonchev–Trinajstić information content (AvgIpc) is 2.74. The van der Waals surface area contributed by atoms with Gasteiger partial charge < -0.3 is 19.7 Å². The molecule has 0 radical (unpaired) electrons. The molecule has 0 aromatic heterocycles. The van der Waals surface area contributed by atoms with Crippen LogP contribution in [0.3, 0.4) is 0 Å². The predicted octanol–water partition coefficient (Wildman–Crippen LogP) is 2.24. The molecule has 1 atom stereocenters. The maximum atomic E-state index is 12.5. The lowest BCUT2D eigenvalue weighted by Crippen LogP contribution is -2.42. The fraction of sp³-hybridized carbons (Fsp3) is 0.667. The SMILES string of the molecule is CCC1CCCCN1CCCNC(=O)CN(c1cc(OC)ccc1OC)S(C)(=O)=O. The third kappa shape index (κ3) is 6.77. The summed E-state index contributed by atoms with van der Waals surface area (Å²) in [5, 5.41) is 2.85. The lowest BCUT2D eigenvalue weighted by atomic mass is 10.00. The Kier molecular flexibility index (Phi) is 9.23. The maximum Gasteiger partial charge on any atom is 0.240 e. The molecular formula is C21H35N3O5S. The number of benzene rings is 1. The average molecular weight is 442 g/mol. The van der Waals surface area contributed by atoms with Crippen LogP contribution in [0.4, 0.5) is 5.69 Å². The van der Waals surface area contributed by atoms with Crippen molar-refractivity contribution in [2.75, 3.05) is 51.0 Å². The number of sulfonamides is 1. The maximum absolute atomic E-state index is 12.5. The van der Waals surface area contributed by atoms with Gasteiger partial charge in [-0.3, -0.25) is 9.10 Å². The molecule has 9 heteroatoms. The van der Waals surface area contributed by atoms with Gasteiger partial charge in [0.15, 0.2) is 0 Å². The van der Waals surface area contributed by atoms with Crippen LogP contribution in [-0.4, -0.2) is 71.9 Å². The van der Waals surface area contributed by atoms with E-state index >= 15 is 0 Å². The number of methoxy groups -OCH3 is 2. The Morgan fingerprint density at radius 2 is 2.03 bits per heavy atom. The Morgan fingerprint density at radius 3 is 2.67 bits per heavy atom. The number of carbonyl (C=O) groups excluding carboxylic acids is 1. The molecule has 8 nitrogen and oxygen atoms in total. The van der Waals surface area contributed by atoms with Gasteiger partial charge >= 0.3 is 0 Å². The topological polar surface area (TPSA) is 88.2 Å². The van der Waals surface area contributed by atoms with E-state index in [4.69, 9.17) is 9.47 Å². The van der Waals surface area contributed by atoms with E-state index in [0.717, 1.165) is 36.5 Å². The van der Waals surface area contributed by atoms with Gasteiger partial charge in [0, 0.05) is 25.2 Å². The molecule has 1 aliphatic heterocycles. The molecule has 2 rings (SSSR count). The fourth-order valence-corrected chi connectivity index (χ4v) is 4.74. The molecule has 1 N–H and O–H groups in total. The first-order valence-corrected chi connectivity index (χ1v) is 12.4. The number of amides is 1. The van der Waals surface area contributed by atoms with Crippen molar-refractivity contribution in [1.29, 1.82) is 0 Å². The van der Waals surface area contributed by atoms with Gasteiger partial charge in [0.1, 0.15) is 18.0 Å². The molecule has 1 amide bonds. The van der Waals surface area contributed by atoms with Crippen molar-refractivity contribution in [3.8, 4) is 11.5 Å². The van der Waals surface area contributed by atoms with Crippen LogP contribution in [0.1, 0.15) is 39.0 Å². The standard InChI is InChI=1S/C21H35N3O5S/c1-5-17-9-6-7-13-23(17)14-8-12-22-21(25)16-24(30(4,26)27)19-15-18(28-2)10-11-20(19)29-3/h10-11,15,17H,5-9,12-14,16H2,1-4H3,(H,22,25). The Hall–Kier alpha value is -2.00. The van der Waals surface area contributed by atoms with Crippen LogP contribution in [0.5, 0.6) is 11.5 Å².